The minimum absolute atomic E-state index is 0.261. The van der Waals surface area contributed by atoms with Gasteiger partial charge in [-0.3, -0.25) is 14.4 Å². The fraction of sp³-hybridized carbons (Fsp3) is 0.966. The number of esters is 3. The number of aliphatic hydroxyl groups excluding tert-OH is 17. The Labute approximate surface area is 728 Å². The van der Waals surface area contributed by atoms with Gasteiger partial charge in [-0.2, -0.15) is 0 Å². The predicted molar refractivity (Wildman–Crippen MR) is 454 cm³/mol. The van der Waals surface area contributed by atoms with Gasteiger partial charge in [0.2, 0.25) is 0 Å². The van der Waals surface area contributed by atoms with Crippen LogP contribution in [-0.4, -0.2) is 327 Å². The molecule has 0 saturated carbocycles. The molecule has 5 aliphatic heterocycles. The number of hydrogen-bond acceptors (Lipinski definition) is 33. The molecule has 0 aromatic rings. The first-order valence-corrected chi connectivity index (χ1v) is 46.6. The maximum atomic E-state index is 12.1. The second kappa shape index (κ2) is 75.0. The second-order valence-electron chi connectivity index (χ2n) is 33.2. The molecule has 25 atom stereocenters. The van der Waals surface area contributed by atoms with Gasteiger partial charge in [0.25, 0.3) is 0 Å². The first-order valence-electron chi connectivity index (χ1n) is 46.6. The summed E-state index contributed by atoms with van der Waals surface area (Å²) in [5.41, 5.74) is 0. The SMILES string of the molecule is CCCCCCCCCCCCCCCCCC(=O)O[C@H]1C(OC)O[C@H](CO)[C@@H](O)[C@@H]1O.CCCCCCCCCCCCCCCCCC(=O)O[C@H]1C(OC)O[C@H](CO)[C@@H](O)[C@@H]1O.CCCCCCCCCCCCCCCCCC(=O)O[C@H]1C(OC)O[C@H](CO)[C@@H](O)[C@@H]1O.COC1O[C@H](CO)[C@@H](O)[C@H](O)[C@H]1O.COC1O[C@H](CO)[C@@H](O)[C@H](O)[C@H]1O. The minimum atomic E-state index is -1.36. The number of rotatable bonds is 61. The first-order chi connectivity index (χ1) is 58.9. The van der Waals surface area contributed by atoms with Gasteiger partial charge in [-0.25, -0.2) is 0 Å². The summed E-state index contributed by atoms with van der Waals surface area (Å²) in [6, 6.07) is 0. The lowest BCUT2D eigenvalue weighted by atomic mass is 9.99. The van der Waals surface area contributed by atoms with Crippen LogP contribution in [0.4, 0.5) is 0 Å². The van der Waals surface area contributed by atoms with Gasteiger partial charge in [0.15, 0.2) is 49.8 Å². The highest BCUT2D eigenvalue weighted by Crippen LogP contribution is 2.30. The number of carbonyl (C=O) groups is 3. The Balaban J connectivity index is 0.000000796. The summed E-state index contributed by atoms with van der Waals surface area (Å²) in [5, 5.41) is 161. The molecule has 0 aromatic heterocycles. The van der Waals surface area contributed by atoms with Crippen molar-refractivity contribution in [3.63, 3.8) is 0 Å². The molecule has 0 amide bonds. The maximum absolute atomic E-state index is 12.1. The standard InChI is InChI=1S/3C25H48O7.2C7H14O6/c3*1-3-4-5-6-7-8-9-10-11-12-13-14-15-16-17-18-21(27)32-24-23(29)22(28)20(19-26)31-25(24)30-2;2*1-12-7-6(11)5(10)4(9)3(2-8)13-7/h3*20,22-26,28-29H,3-19H2,1-2H3;2*3-11H,2H2,1H3/t3*20-,22-,23+,24-,25?;2*3-,4-,5+,6-,7?/m11111/s1. The van der Waals surface area contributed by atoms with Crippen LogP contribution < -0.4 is 0 Å². The molecule has 0 bridgehead atoms. The molecule has 0 radical (unpaired) electrons. The third kappa shape index (κ3) is 48.8. The fourth-order valence-corrected chi connectivity index (χ4v) is 15.2. The lowest BCUT2D eigenvalue weighted by molar-refractivity contribution is -0.298. The molecule has 5 fully saturated rings. The molecule has 33 heteroatoms. The molecule has 726 valence electrons. The van der Waals surface area contributed by atoms with E-state index in [1.165, 1.54) is 267 Å². The van der Waals surface area contributed by atoms with E-state index in [4.69, 9.17) is 71.8 Å². The van der Waals surface area contributed by atoms with Crippen LogP contribution in [0.15, 0.2) is 0 Å². The van der Waals surface area contributed by atoms with Gasteiger partial charge in [0.1, 0.15) is 104 Å². The lowest BCUT2D eigenvalue weighted by Crippen LogP contribution is -2.60. The predicted octanol–water partition coefficient (Wildman–Crippen LogP) is 7.60. The molecule has 33 nitrogen and oxygen atoms in total. The Morgan fingerprint density at radius 2 is 0.352 bits per heavy atom. The van der Waals surface area contributed by atoms with Crippen LogP contribution in [0.2, 0.25) is 0 Å². The monoisotopic (exact) mass is 1770 g/mol. The molecule has 5 heterocycles. The molecular weight excluding hydrogens is 1600 g/mol. The van der Waals surface area contributed by atoms with Crippen molar-refractivity contribution in [3.8, 4) is 0 Å². The number of methoxy groups -OCH3 is 5. The van der Waals surface area contributed by atoms with Crippen LogP contribution in [0.25, 0.3) is 0 Å². The van der Waals surface area contributed by atoms with E-state index in [2.05, 4.69) is 20.8 Å². The van der Waals surface area contributed by atoms with E-state index < -0.39 is 204 Å². The Bertz CT molecular complexity index is 2140. The van der Waals surface area contributed by atoms with E-state index in [9.17, 15) is 91.0 Å². The van der Waals surface area contributed by atoms with Crippen molar-refractivity contribution in [2.24, 2.45) is 0 Å². The molecule has 0 aliphatic carbocycles. The number of hydrogen-bond donors (Lipinski definition) is 17. The summed E-state index contributed by atoms with van der Waals surface area (Å²) in [4.78, 5) is 36.4. The zero-order valence-corrected chi connectivity index (χ0v) is 75.5. The summed E-state index contributed by atoms with van der Waals surface area (Å²) in [7, 11) is 6.68. The van der Waals surface area contributed by atoms with Crippen LogP contribution in [-0.2, 0) is 76.0 Å². The summed E-state index contributed by atoms with van der Waals surface area (Å²) in [5.74, 6) is -1.32. The van der Waals surface area contributed by atoms with Crippen molar-refractivity contribution >= 4 is 17.9 Å². The number of ether oxygens (including phenoxy) is 13. The Kier molecular flexibility index (Phi) is 72.2. The van der Waals surface area contributed by atoms with E-state index in [0.717, 1.165) is 57.8 Å². The summed E-state index contributed by atoms with van der Waals surface area (Å²) < 4.78 is 66.6. The van der Waals surface area contributed by atoms with Crippen molar-refractivity contribution < 1.29 is 163 Å². The number of aliphatic hydroxyl groups is 17. The Morgan fingerprint density at radius 3 is 0.508 bits per heavy atom. The number of carbonyl (C=O) groups excluding carboxylic acids is 3. The van der Waals surface area contributed by atoms with Crippen LogP contribution >= 0.6 is 0 Å². The highest BCUT2D eigenvalue weighted by Gasteiger charge is 2.50. The zero-order chi connectivity index (χ0) is 90.8. The highest BCUT2D eigenvalue weighted by atomic mass is 16.7. The van der Waals surface area contributed by atoms with E-state index >= 15 is 0 Å². The zero-order valence-electron chi connectivity index (χ0n) is 75.5. The van der Waals surface area contributed by atoms with Crippen molar-refractivity contribution in [2.75, 3.05) is 68.6 Å². The highest BCUT2D eigenvalue weighted by molar-refractivity contribution is 5.70. The van der Waals surface area contributed by atoms with E-state index in [0.29, 0.717) is 0 Å². The lowest BCUT2D eigenvalue weighted by Gasteiger charge is -2.40. The molecule has 0 aromatic carbocycles. The third-order valence-corrected chi connectivity index (χ3v) is 23.1. The van der Waals surface area contributed by atoms with Crippen molar-refractivity contribution in [2.45, 2.75) is 483 Å². The first kappa shape index (κ1) is 117. The average molecular weight is 1770 g/mol. The van der Waals surface area contributed by atoms with Gasteiger partial charge in [-0.1, -0.05) is 290 Å². The van der Waals surface area contributed by atoms with Crippen LogP contribution in [0, 0.1) is 0 Å². The van der Waals surface area contributed by atoms with E-state index in [1.54, 1.807) is 0 Å². The fourth-order valence-electron chi connectivity index (χ4n) is 15.2. The van der Waals surface area contributed by atoms with Crippen molar-refractivity contribution in [3.05, 3.63) is 0 Å². The minimum Gasteiger partial charge on any atom is -0.454 e. The smallest absolute Gasteiger partial charge is 0.306 e. The van der Waals surface area contributed by atoms with Crippen molar-refractivity contribution in [1.29, 1.82) is 0 Å². The second-order valence-corrected chi connectivity index (χ2v) is 33.2. The van der Waals surface area contributed by atoms with Gasteiger partial charge in [-0.15, -0.1) is 0 Å². The van der Waals surface area contributed by atoms with Crippen molar-refractivity contribution in [1.82, 2.24) is 0 Å². The summed E-state index contributed by atoms with van der Waals surface area (Å²) in [6.07, 6.45) is 28.2. The molecule has 122 heavy (non-hydrogen) atoms. The topological polar surface area (TPSA) is 515 Å². The molecule has 5 aliphatic rings. The summed E-state index contributed by atoms with van der Waals surface area (Å²) in [6.45, 7) is 4.51. The largest absolute Gasteiger partial charge is 0.454 e. The summed E-state index contributed by atoms with van der Waals surface area (Å²) >= 11 is 0. The van der Waals surface area contributed by atoms with Gasteiger partial charge >= 0.3 is 17.9 Å². The van der Waals surface area contributed by atoms with Gasteiger partial charge < -0.3 is 148 Å². The molecule has 5 rings (SSSR count). The molecule has 5 saturated heterocycles. The molecule has 17 N–H and O–H groups in total. The van der Waals surface area contributed by atoms with E-state index in [1.807, 2.05) is 0 Å². The molecule has 5 unspecified atom stereocenters. The van der Waals surface area contributed by atoms with Crippen LogP contribution in [0.1, 0.15) is 329 Å². The van der Waals surface area contributed by atoms with E-state index in [-0.39, 0.29) is 19.3 Å². The molecular formula is C89H172O33. The van der Waals surface area contributed by atoms with Gasteiger partial charge in [0, 0.05) is 54.8 Å². The maximum Gasteiger partial charge on any atom is 0.306 e. The molecule has 0 spiro atoms. The number of unbranched alkanes of at least 4 members (excludes halogenated alkanes) is 42. The quantitative estimate of drug-likeness (QED) is 0.0158. The average Bonchev–Trinajstić information content (AvgIpc) is 0.822. The third-order valence-electron chi connectivity index (χ3n) is 23.1. The normalized spacial score (nSPS) is 30.1. The Hall–Kier alpha value is -2.67. The Morgan fingerprint density at radius 1 is 0.205 bits per heavy atom. The van der Waals surface area contributed by atoms with Crippen LogP contribution in [0.3, 0.4) is 0 Å². The van der Waals surface area contributed by atoms with Gasteiger partial charge in [-0.05, 0) is 19.3 Å². The van der Waals surface area contributed by atoms with Gasteiger partial charge in [0.05, 0.1) is 33.0 Å². The van der Waals surface area contributed by atoms with Crippen LogP contribution in [0.5, 0.6) is 0 Å².